The molecule has 0 saturated heterocycles. The van der Waals surface area contributed by atoms with E-state index in [2.05, 4.69) is 20.6 Å². The lowest BCUT2D eigenvalue weighted by Crippen LogP contribution is -2.19. The molecule has 0 spiro atoms. The van der Waals surface area contributed by atoms with Gasteiger partial charge in [-0.15, -0.1) is 0 Å². The van der Waals surface area contributed by atoms with Crippen molar-refractivity contribution in [2.45, 2.75) is 13.8 Å². The van der Waals surface area contributed by atoms with Crippen LogP contribution in [0.25, 0.3) is 0 Å². The Kier molecular flexibility index (Phi) is 5.91. The number of nitrogens with two attached hydrogens (primary N) is 1. The molecule has 0 atom stereocenters. The fraction of sp³-hybridized carbons (Fsp3) is 0.312. The molecular weight excluding hydrogens is 310 g/mol. The van der Waals surface area contributed by atoms with E-state index in [1.54, 1.807) is 0 Å². The zero-order valence-electron chi connectivity index (χ0n) is 13.7. The number of rotatable bonds is 8. The number of benzene rings is 1. The summed E-state index contributed by atoms with van der Waals surface area (Å²) in [4.78, 5) is 20.3. The molecule has 0 aliphatic heterocycles. The Bertz CT molecular complexity index is 721. The first-order valence-electron chi connectivity index (χ1n) is 7.58. The van der Waals surface area contributed by atoms with Gasteiger partial charge in [-0.25, -0.2) is 0 Å². The summed E-state index contributed by atoms with van der Waals surface area (Å²) in [6.07, 6.45) is 0. The van der Waals surface area contributed by atoms with Gasteiger partial charge in [-0.05, 0) is 31.5 Å². The minimum absolute atomic E-state index is 0.00720. The van der Waals surface area contributed by atoms with Gasteiger partial charge >= 0.3 is 0 Å². The molecule has 2 aromatic rings. The summed E-state index contributed by atoms with van der Waals surface area (Å²) in [5.41, 5.74) is 7.32. The lowest BCUT2D eigenvalue weighted by atomic mass is 10.2. The van der Waals surface area contributed by atoms with E-state index in [4.69, 9.17) is 15.6 Å². The molecule has 8 nitrogen and oxygen atoms in total. The van der Waals surface area contributed by atoms with Crippen LogP contribution in [0, 0.1) is 6.92 Å². The Balaban J connectivity index is 2.48. The number of carbonyl (C=O) groups is 1. The Hall–Kier alpha value is -2.87. The predicted octanol–water partition coefficient (Wildman–Crippen LogP) is 1.43. The molecule has 0 bridgehead atoms. The van der Waals surface area contributed by atoms with Gasteiger partial charge in [0, 0.05) is 12.2 Å². The van der Waals surface area contributed by atoms with Gasteiger partial charge < -0.3 is 26.2 Å². The van der Waals surface area contributed by atoms with Crippen LogP contribution < -0.4 is 21.1 Å². The molecule has 0 unspecified atom stereocenters. The number of aliphatic hydroxyl groups is 1. The van der Waals surface area contributed by atoms with Crippen molar-refractivity contribution in [3.05, 3.63) is 35.4 Å². The zero-order valence-corrected chi connectivity index (χ0v) is 13.7. The quantitative estimate of drug-likeness (QED) is 0.577. The van der Waals surface area contributed by atoms with E-state index in [-0.39, 0.29) is 30.5 Å². The highest BCUT2D eigenvalue weighted by Crippen LogP contribution is 2.27. The highest BCUT2D eigenvalue weighted by molar-refractivity contribution is 6.00. The number of hydrogen-bond donors (Lipinski definition) is 4. The number of ether oxygens (including phenoxy) is 1. The van der Waals surface area contributed by atoms with Gasteiger partial charge in [-0.2, -0.15) is 9.97 Å². The van der Waals surface area contributed by atoms with Crippen molar-refractivity contribution in [1.82, 2.24) is 9.97 Å². The van der Waals surface area contributed by atoms with Gasteiger partial charge in [-0.1, -0.05) is 12.1 Å². The number of amides is 1. The average Bonchev–Trinajstić information content (AvgIpc) is 2.52. The van der Waals surface area contributed by atoms with Crippen molar-refractivity contribution in [1.29, 1.82) is 0 Å². The summed E-state index contributed by atoms with van der Waals surface area (Å²) in [7, 11) is 0. The maximum Gasteiger partial charge on any atom is 0.258 e. The van der Waals surface area contributed by atoms with E-state index in [1.807, 2.05) is 38.1 Å². The number of aliphatic hydroxyl groups excluding tert-OH is 1. The Morgan fingerprint density at radius 1 is 1.38 bits per heavy atom. The highest BCUT2D eigenvalue weighted by Gasteiger charge is 2.21. The zero-order chi connectivity index (χ0) is 17.5. The first-order valence-corrected chi connectivity index (χ1v) is 7.58. The summed E-state index contributed by atoms with van der Waals surface area (Å²) in [5.74, 6) is -0.156. The molecule has 8 heteroatoms. The third-order valence-electron chi connectivity index (χ3n) is 3.07. The van der Waals surface area contributed by atoms with Crippen molar-refractivity contribution >= 4 is 23.4 Å². The molecule has 1 aromatic carbocycles. The first-order chi connectivity index (χ1) is 11.5. The summed E-state index contributed by atoms with van der Waals surface area (Å²) in [6.45, 7) is 4.23. The Morgan fingerprint density at radius 2 is 2.17 bits per heavy atom. The molecule has 0 radical (unpaired) electrons. The highest BCUT2D eigenvalue weighted by atomic mass is 16.5. The van der Waals surface area contributed by atoms with Crippen LogP contribution in [0.2, 0.25) is 0 Å². The third-order valence-corrected chi connectivity index (χ3v) is 3.07. The third kappa shape index (κ3) is 4.32. The minimum Gasteiger partial charge on any atom is -0.474 e. The van der Waals surface area contributed by atoms with Crippen LogP contribution in [0.3, 0.4) is 0 Å². The normalized spacial score (nSPS) is 10.3. The molecule has 0 aliphatic carbocycles. The molecule has 1 amide bonds. The molecule has 128 valence electrons. The average molecular weight is 331 g/mol. The van der Waals surface area contributed by atoms with Gasteiger partial charge in [-0.3, -0.25) is 4.79 Å². The van der Waals surface area contributed by atoms with Crippen LogP contribution in [0.4, 0.5) is 17.5 Å². The monoisotopic (exact) mass is 331 g/mol. The largest absolute Gasteiger partial charge is 0.474 e. The minimum atomic E-state index is -0.721. The van der Waals surface area contributed by atoms with Crippen molar-refractivity contribution in [3.63, 3.8) is 0 Å². The van der Waals surface area contributed by atoms with Gasteiger partial charge in [0.1, 0.15) is 12.2 Å². The number of carbonyl (C=O) groups excluding carboxylic acids is 1. The van der Waals surface area contributed by atoms with Crippen molar-refractivity contribution in [2.24, 2.45) is 5.73 Å². The second-order valence-electron chi connectivity index (χ2n) is 5.04. The van der Waals surface area contributed by atoms with Crippen molar-refractivity contribution in [3.8, 4) is 5.88 Å². The molecule has 0 saturated carbocycles. The number of aromatic nitrogens is 2. The van der Waals surface area contributed by atoms with E-state index in [0.717, 1.165) is 11.3 Å². The predicted molar refractivity (Wildman–Crippen MR) is 91.8 cm³/mol. The molecule has 24 heavy (non-hydrogen) atoms. The molecule has 1 heterocycles. The SMILES string of the molecule is CCNc1nc(Nc2cccc(C)c2)c(C(N)=O)c(OCCO)n1. The maximum absolute atomic E-state index is 11.9. The van der Waals surface area contributed by atoms with E-state index in [9.17, 15) is 4.79 Å². The molecule has 5 N–H and O–H groups in total. The van der Waals surface area contributed by atoms with Crippen molar-refractivity contribution < 1.29 is 14.6 Å². The van der Waals surface area contributed by atoms with Crippen LogP contribution in [0.5, 0.6) is 5.88 Å². The number of anilines is 3. The second-order valence-corrected chi connectivity index (χ2v) is 5.04. The molecule has 1 aromatic heterocycles. The molecular formula is C16H21N5O3. The number of nitrogens with zero attached hydrogens (tertiary/aromatic N) is 2. The Morgan fingerprint density at radius 3 is 2.79 bits per heavy atom. The molecule has 2 rings (SSSR count). The summed E-state index contributed by atoms with van der Waals surface area (Å²) >= 11 is 0. The number of aryl methyl sites for hydroxylation is 1. The Labute approximate surface area is 140 Å². The van der Waals surface area contributed by atoms with Gasteiger partial charge in [0.25, 0.3) is 5.91 Å². The number of hydrogen-bond acceptors (Lipinski definition) is 7. The summed E-state index contributed by atoms with van der Waals surface area (Å²) in [6, 6.07) is 7.60. The fourth-order valence-corrected chi connectivity index (χ4v) is 2.10. The van der Waals surface area contributed by atoms with E-state index in [0.29, 0.717) is 12.5 Å². The number of nitrogens with one attached hydrogen (secondary N) is 2. The van der Waals surface area contributed by atoms with E-state index >= 15 is 0 Å². The maximum atomic E-state index is 11.9. The molecule has 0 fully saturated rings. The first kappa shape index (κ1) is 17.5. The van der Waals surface area contributed by atoms with Crippen LogP contribution in [0.15, 0.2) is 24.3 Å². The molecule has 0 aliphatic rings. The van der Waals surface area contributed by atoms with Gasteiger partial charge in [0.2, 0.25) is 11.8 Å². The van der Waals surface area contributed by atoms with Crippen LogP contribution in [-0.4, -0.2) is 40.7 Å². The van der Waals surface area contributed by atoms with Crippen LogP contribution >= 0.6 is 0 Å². The van der Waals surface area contributed by atoms with E-state index in [1.165, 1.54) is 0 Å². The second kappa shape index (κ2) is 8.11. The van der Waals surface area contributed by atoms with Crippen molar-refractivity contribution in [2.75, 3.05) is 30.4 Å². The lowest BCUT2D eigenvalue weighted by Gasteiger charge is -2.15. The topological polar surface area (TPSA) is 122 Å². The van der Waals surface area contributed by atoms with Gasteiger partial charge in [0.15, 0.2) is 5.82 Å². The standard InChI is InChI=1S/C16H21N5O3/c1-3-18-16-20-14(19-11-6-4-5-10(2)9-11)12(13(17)23)15(21-16)24-8-7-22/h4-6,9,22H,3,7-8H2,1-2H3,(H2,17,23)(H2,18,19,20,21). The van der Waals surface area contributed by atoms with Gasteiger partial charge in [0.05, 0.1) is 6.61 Å². The number of primary amides is 1. The van der Waals surface area contributed by atoms with Crippen LogP contribution in [-0.2, 0) is 0 Å². The smallest absolute Gasteiger partial charge is 0.258 e. The lowest BCUT2D eigenvalue weighted by molar-refractivity contribution is 0.0994. The summed E-state index contributed by atoms with van der Waals surface area (Å²) < 4.78 is 5.35. The van der Waals surface area contributed by atoms with E-state index < -0.39 is 5.91 Å². The fourth-order valence-electron chi connectivity index (χ4n) is 2.10. The van der Waals surface area contributed by atoms with Crippen LogP contribution in [0.1, 0.15) is 22.8 Å². The summed E-state index contributed by atoms with van der Waals surface area (Å²) in [5, 5.41) is 15.0.